The smallest absolute Gasteiger partial charge is 0.101 e. The fraction of sp³-hybridized carbons (Fsp3) is 0.130. The molecule has 3 aromatic carbocycles. The fourth-order valence-corrected chi connectivity index (χ4v) is 4.90. The van der Waals surface area contributed by atoms with Crippen molar-refractivity contribution in [3.8, 4) is 12.1 Å². The molecule has 0 spiro atoms. The first-order valence-electron chi connectivity index (χ1n) is 17.0. The van der Waals surface area contributed by atoms with Crippen LogP contribution in [0.4, 0.5) is 11.4 Å². The Hall–Kier alpha value is -6.76. The van der Waals surface area contributed by atoms with Crippen molar-refractivity contribution in [1.82, 2.24) is 0 Å². The van der Waals surface area contributed by atoms with E-state index in [1.807, 2.05) is 162 Å². The van der Waals surface area contributed by atoms with Crippen LogP contribution in [-0.4, -0.2) is 24.9 Å². The first-order chi connectivity index (χ1) is 25.6. The van der Waals surface area contributed by atoms with Crippen molar-refractivity contribution < 1.29 is 0 Å². The monoisotopic (exact) mass is 680 g/mol. The lowest BCUT2D eigenvalue weighted by molar-refractivity contribution is 0.987. The highest BCUT2D eigenvalue weighted by Gasteiger charge is 2.02. The summed E-state index contributed by atoms with van der Waals surface area (Å²) in [5.41, 5.74) is 8.43. The number of nitrogens with zero attached hydrogens (tertiary/aromatic N) is 6. The Morgan fingerprint density at radius 1 is 0.481 bits per heavy atom. The van der Waals surface area contributed by atoms with Crippen LogP contribution in [0.5, 0.6) is 0 Å². The van der Waals surface area contributed by atoms with Crippen LogP contribution in [-0.2, 0) is 13.1 Å². The number of para-hydroxylation sites is 2. The topological polar surface area (TPSA) is 97.0 Å². The van der Waals surface area contributed by atoms with Gasteiger partial charge in [-0.15, -0.1) is 0 Å². The highest BCUT2D eigenvalue weighted by molar-refractivity contribution is 5.83. The number of benzene rings is 3. The lowest BCUT2D eigenvalue weighted by atomic mass is 10.0. The number of hydrogen-bond acceptors (Lipinski definition) is 6. The molecule has 258 valence electrons. The van der Waals surface area contributed by atoms with Gasteiger partial charge in [-0.05, 0) is 110 Å². The maximum atomic E-state index is 9.37. The molecule has 0 saturated carbocycles. The maximum Gasteiger partial charge on any atom is 0.101 e. The number of nitriles is 2. The van der Waals surface area contributed by atoms with Gasteiger partial charge in [-0.3, -0.25) is 20.0 Å². The van der Waals surface area contributed by atoms with Gasteiger partial charge in [0.15, 0.2) is 0 Å². The van der Waals surface area contributed by atoms with Crippen LogP contribution in [0.15, 0.2) is 188 Å². The molecule has 0 atom stereocenters. The number of allylic oxidation sites excluding steroid dienone is 16. The molecule has 52 heavy (non-hydrogen) atoms. The van der Waals surface area contributed by atoms with E-state index in [0.29, 0.717) is 35.6 Å². The second-order valence-corrected chi connectivity index (χ2v) is 11.1. The highest BCUT2D eigenvalue weighted by atomic mass is 14.7. The summed E-state index contributed by atoms with van der Waals surface area (Å²) in [6.45, 7) is 8.94. The highest BCUT2D eigenvalue weighted by Crippen LogP contribution is 2.20. The molecule has 0 fully saturated rings. The van der Waals surface area contributed by atoms with Crippen LogP contribution in [0.25, 0.3) is 0 Å². The van der Waals surface area contributed by atoms with Crippen molar-refractivity contribution in [2.75, 3.05) is 0 Å². The Bertz CT molecular complexity index is 1940. The largest absolute Gasteiger partial charge is 0.288 e. The minimum Gasteiger partial charge on any atom is -0.288 e. The molecule has 0 aliphatic heterocycles. The van der Waals surface area contributed by atoms with E-state index in [9.17, 15) is 10.5 Å². The predicted octanol–water partition coefficient (Wildman–Crippen LogP) is 11.4. The van der Waals surface area contributed by atoms with E-state index in [1.165, 1.54) is 0 Å². The van der Waals surface area contributed by atoms with E-state index < -0.39 is 0 Å². The molecule has 6 nitrogen and oxygen atoms in total. The Labute approximate surface area is 309 Å². The number of hydrogen-bond donors (Lipinski definition) is 0. The van der Waals surface area contributed by atoms with E-state index in [4.69, 9.17) is 9.98 Å². The zero-order valence-corrected chi connectivity index (χ0v) is 30.3. The Balaban J connectivity index is 1.77. The third-order valence-electron chi connectivity index (χ3n) is 7.40. The van der Waals surface area contributed by atoms with Gasteiger partial charge in [-0.2, -0.15) is 10.5 Å². The third kappa shape index (κ3) is 13.3. The maximum absolute atomic E-state index is 9.37. The average Bonchev–Trinajstić information content (AvgIpc) is 3.17. The van der Waals surface area contributed by atoms with Gasteiger partial charge in [-0.1, -0.05) is 97.1 Å². The van der Waals surface area contributed by atoms with Gasteiger partial charge in [0.1, 0.15) is 12.1 Å². The standard InChI is InChI=1S/C46H44N6/c1-5-15-37(39(17-7-3)27-31-51-45-23-13-11-19-41(45)33-47)25-29-49-35-43-21-9-10-22-44(43)36-50-30-26-38(16-6-2)40(18-8-4)28-32-52-46-24-14-12-20-42(46)34-48/h5-32H,35-36H2,1-4H3/b15-5-,16-6-,17-7-,18-8-,37-25+,38-26+,39-27-,40-28+,49-29+,50-30+,51-31+,52-32+. The molecular weight excluding hydrogens is 637 g/mol. The Morgan fingerprint density at radius 2 is 0.808 bits per heavy atom. The molecular formula is C46H44N6. The van der Waals surface area contributed by atoms with Crippen LogP contribution in [0.3, 0.4) is 0 Å². The van der Waals surface area contributed by atoms with Gasteiger partial charge in [0.05, 0.1) is 35.6 Å². The molecule has 0 N–H and O–H groups in total. The summed E-state index contributed by atoms with van der Waals surface area (Å²) in [5.74, 6) is 0. The first kappa shape index (κ1) is 39.7. The van der Waals surface area contributed by atoms with E-state index in [-0.39, 0.29) is 0 Å². The summed E-state index contributed by atoms with van der Waals surface area (Å²) < 4.78 is 0. The van der Waals surface area contributed by atoms with Crippen LogP contribution >= 0.6 is 0 Å². The first-order valence-corrected chi connectivity index (χ1v) is 17.0. The Morgan fingerprint density at radius 3 is 1.15 bits per heavy atom. The zero-order valence-electron chi connectivity index (χ0n) is 30.3. The van der Waals surface area contributed by atoms with Crippen LogP contribution in [0.2, 0.25) is 0 Å². The molecule has 0 unspecified atom stereocenters. The third-order valence-corrected chi connectivity index (χ3v) is 7.40. The quantitative estimate of drug-likeness (QED) is 0.111. The van der Waals surface area contributed by atoms with Gasteiger partial charge in [0.25, 0.3) is 0 Å². The van der Waals surface area contributed by atoms with Crippen molar-refractivity contribution >= 4 is 36.2 Å². The van der Waals surface area contributed by atoms with Crippen LogP contribution < -0.4 is 0 Å². The second-order valence-electron chi connectivity index (χ2n) is 11.1. The lowest BCUT2D eigenvalue weighted by Gasteiger charge is -2.05. The summed E-state index contributed by atoms with van der Waals surface area (Å²) in [5, 5.41) is 18.7. The predicted molar refractivity (Wildman–Crippen MR) is 221 cm³/mol. The Kier molecular flexibility index (Phi) is 18.0. The van der Waals surface area contributed by atoms with Gasteiger partial charge in [-0.25, -0.2) is 0 Å². The fourth-order valence-electron chi connectivity index (χ4n) is 4.90. The van der Waals surface area contributed by atoms with E-state index >= 15 is 0 Å². The minimum atomic E-state index is 0.516. The SMILES string of the molecule is C\C=C/C(=C/C=N/c1ccccc1C#N)C(/C=C\C)=C/C=N/Cc1ccccc1C/N=C/C=C(\C=C/C)C(/C=C\C)=C/C=N/c1ccccc1C#N. The summed E-state index contributed by atoms with van der Waals surface area (Å²) in [7, 11) is 0. The normalized spacial score (nSPS) is 13.7. The van der Waals surface area contributed by atoms with E-state index in [0.717, 1.165) is 33.4 Å². The molecule has 0 heterocycles. The van der Waals surface area contributed by atoms with Crippen molar-refractivity contribution in [3.05, 3.63) is 190 Å². The summed E-state index contributed by atoms with van der Waals surface area (Å²) in [4.78, 5) is 18.5. The molecule has 6 heteroatoms. The summed E-state index contributed by atoms with van der Waals surface area (Å²) in [6.07, 6.45) is 31.0. The van der Waals surface area contributed by atoms with Crippen LogP contribution in [0.1, 0.15) is 49.9 Å². The molecule has 0 amide bonds. The minimum absolute atomic E-state index is 0.516. The van der Waals surface area contributed by atoms with Crippen molar-refractivity contribution in [2.45, 2.75) is 40.8 Å². The molecule has 0 radical (unpaired) electrons. The van der Waals surface area contributed by atoms with Gasteiger partial charge in [0, 0.05) is 24.9 Å². The molecule has 0 bridgehead atoms. The zero-order chi connectivity index (χ0) is 37.2. The van der Waals surface area contributed by atoms with Gasteiger partial charge >= 0.3 is 0 Å². The van der Waals surface area contributed by atoms with Crippen molar-refractivity contribution in [3.63, 3.8) is 0 Å². The molecule has 0 saturated heterocycles. The van der Waals surface area contributed by atoms with Crippen LogP contribution in [0, 0.1) is 22.7 Å². The summed E-state index contributed by atoms with van der Waals surface area (Å²) >= 11 is 0. The van der Waals surface area contributed by atoms with Crippen molar-refractivity contribution in [2.24, 2.45) is 20.0 Å². The second kappa shape index (κ2) is 23.6. The molecule has 0 aliphatic carbocycles. The summed E-state index contributed by atoms with van der Waals surface area (Å²) in [6, 6.07) is 27.1. The van der Waals surface area contributed by atoms with E-state index in [2.05, 4.69) is 34.3 Å². The van der Waals surface area contributed by atoms with Crippen molar-refractivity contribution in [1.29, 1.82) is 10.5 Å². The van der Waals surface area contributed by atoms with Gasteiger partial charge < -0.3 is 0 Å². The molecule has 0 aliphatic rings. The average molecular weight is 681 g/mol. The van der Waals surface area contributed by atoms with E-state index in [1.54, 1.807) is 24.6 Å². The number of rotatable bonds is 16. The molecule has 0 aromatic heterocycles. The molecule has 3 aromatic rings. The number of aliphatic imine (C=N–C) groups is 4. The lowest BCUT2D eigenvalue weighted by Crippen LogP contribution is -1.92. The van der Waals surface area contributed by atoms with Gasteiger partial charge in [0.2, 0.25) is 0 Å². The molecule has 3 rings (SSSR count).